The van der Waals surface area contributed by atoms with Gasteiger partial charge in [0.2, 0.25) is 0 Å². The first-order valence-corrected chi connectivity index (χ1v) is 5.43. The number of nitrogens with one attached hydrogen (secondary N) is 1. The number of carboxylic acid groups (broad SMARTS) is 1. The van der Waals surface area contributed by atoms with Gasteiger partial charge in [0.25, 0.3) is 0 Å². The molecule has 0 bridgehead atoms. The molecule has 1 atom stereocenters. The molecule has 1 heterocycles. The van der Waals surface area contributed by atoms with E-state index in [-0.39, 0.29) is 5.92 Å². The van der Waals surface area contributed by atoms with Crippen molar-refractivity contribution in [3.05, 3.63) is 17.7 Å². The zero-order valence-electron chi connectivity index (χ0n) is 8.86. The van der Waals surface area contributed by atoms with Crippen LogP contribution in [0, 0.1) is 5.92 Å². The molecule has 15 heavy (non-hydrogen) atoms. The Morgan fingerprint density at radius 1 is 1.73 bits per heavy atom. The third-order valence-electron chi connectivity index (χ3n) is 3.11. The number of carboxylic acids is 1. The van der Waals surface area contributed by atoms with E-state index in [0.29, 0.717) is 12.3 Å². The van der Waals surface area contributed by atoms with Crippen LogP contribution in [-0.4, -0.2) is 21.0 Å². The first-order valence-electron chi connectivity index (χ1n) is 5.43. The molecule has 0 amide bonds. The van der Waals surface area contributed by atoms with Gasteiger partial charge in [0, 0.05) is 24.2 Å². The summed E-state index contributed by atoms with van der Waals surface area (Å²) in [6.07, 6.45) is 6.10. The largest absolute Gasteiger partial charge is 0.481 e. The highest BCUT2D eigenvalue weighted by atomic mass is 16.4. The molecule has 1 aliphatic rings. The van der Waals surface area contributed by atoms with Crippen LogP contribution in [0.2, 0.25) is 0 Å². The predicted octanol–water partition coefficient (Wildman–Crippen LogP) is 1.94. The topological polar surface area (TPSA) is 66.0 Å². The SMILES string of the molecule is CC(Cc1ncc(C2CCC2)[nH]1)C(=O)O. The Balaban J connectivity index is 1.97. The quantitative estimate of drug-likeness (QED) is 0.794. The predicted molar refractivity (Wildman–Crippen MR) is 55.7 cm³/mol. The van der Waals surface area contributed by atoms with Crippen molar-refractivity contribution >= 4 is 5.97 Å². The number of H-pyrrole nitrogens is 1. The van der Waals surface area contributed by atoms with E-state index in [2.05, 4.69) is 9.97 Å². The van der Waals surface area contributed by atoms with Crippen LogP contribution in [0.25, 0.3) is 0 Å². The Bertz CT molecular complexity index is 355. The molecule has 82 valence electrons. The first kappa shape index (κ1) is 10.2. The molecule has 0 spiro atoms. The molecule has 1 aromatic rings. The summed E-state index contributed by atoms with van der Waals surface area (Å²) in [5, 5.41) is 8.77. The van der Waals surface area contributed by atoms with Crippen LogP contribution in [-0.2, 0) is 11.2 Å². The fourth-order valence-electron chi connectivity index (χ4n) is 1.79. The smallest absolute Gasteiger partial charge is 0.306 e. The third kappa shape index (κ3) is 2.19. The van der Waals surface area contributed by atoms with Crippen LogP contribution in [0.1, 0.15) is 43.6 Å². The van der Waals surface area contributed by atoms with Crippen molar-refractivity contribution in [2.75, 3.05) is 0 Å². The van der Waals surface area contributed by atoms with E-state index in [0.717, 1.165) is 5.82 Å². The molecule has 1 saturated carbocycles. The van der Waals surface area contributed by atoms with Crippen LogP contribution in [0.5, 0.6) is 0 Å². The number of rotatable bonds is 4. The van der Waals surface area contributed by atoms with Crippen LogP contribution in [0.4, 0.5) is 0 Å². The number of aromatic nitrogens is 2. The Morgan fingerprint density at radius 2 is 2.47 bits per heavy atom. The van der Waals surface area contributed by atoms with Gasteiger partial charge in [0.05, 0.1) is 5.92 Å². The Kier molecular flexibility index (Phi) is 2.75. The number of carbonyl (C=O) groups is 1. The van der Waals surface area contributed by atoms with Gasteiger partial charge in [-0.2, -0.15) is 0 Å². The lowest BCUT2D eigenvalue weighted by molar-refractivity contribution is -0.141. The summed E-state index contributed by atoms with van der Waals surface area (Å²) in [7, 11) is 0. The molecule has 2 N–H and O–H groups in total. The monoisotopic (exact) mass is 208 g/mol. The third-order valence-corrected chi connectivity index (χ3v) is 3.11. The maximum Gasteiger partial charge on any atom is 0.306 e. The highest BCUT2D eigenvalue weighted by Gasteiger charge is 2.22. The van der Waals surface area contributed by atoms with Crippen LogP contribution < -0.4 is 0 Å². The standard InChI is InChI=1S/C11H16N2O2/c1-7(11(14)15)5-10-12-6-9(13-10)8-3-2-4-8/h6-8H,2-5H2,1H3,(H,12,13)(H,14,15). The molecular weight excluding hydrogens is 192 g/mol. The summed E-state index contributed by atoms with van der Waals surface area (Å²) in [5.41, 5.74) is 1.17. The maximum atomic E-state index is 10.7. The van der Waals surface area contributed by atoms with Gasteiger partial charge in [-0.05, 0) is 12.8 Å². The number of hydrogen-bond acceptors (Lipinski definition) is 2. The van der Waals surface area contributed by atoms with E-state index in [1.165, 1.54) is 25.0 Å². The number of aromatic amines is 1. The van der Waals surface area contributed by atoms with Gasteiger partial charge in [-0.1, -0.05) is 13.3 Å². The van der Waals surface area contributed by atoms with Gasteiger partial charge in [-0.25, -0.2) is 4.98 Å². The van der Waals surface area contributed by atoms with E-state index >= 15 is 0 Å². The minimum Gasteiger partial charge on any atom is -0.481 e. The van der Waals surface area contributed by atoms with Crippen LogP contribution in [0.3, 0.4) is 0 Å². The van der Waals surface area contributed by atoms with E-state index in [1.807, 2.05) is 6.20 Å². The molecule has 1 aliphatic carbocycles. The van der Waals surface area contributed by atoms with E-state index < -0.39 is 5.97 Å². The molecule has 0 aliphatic heterocycles. The fourth-order valence-corrected chi connectivity index (χ4v) is 1.79. The second-order valence-electron chi connectivity index (χ2n) is 4.36. The van der Waals surface area contributed by atoms with Crippen LogP contribution in [0.15, 0.2) is 6.20 Å². The number of imidazole rings is 1. The normalized spacial score (nSPS) is 18.5. The summed E-state index contributed by atoms with van der Waals surface area (Å²) in [5.74, 6) is 0.292. The molecule has 1 fully saturated rings. The van der Waals surface area contributed by atoms with Gasteiger partial charge >= 0.3 is 5.97 Å². The summed E-state index contributed by atoms with van der Waals surface area (Å²) in [6.45, 7) is 1.70. The Morgan fingerprint density at radius 3 is 3.00 bits per heavy atom. The second-order valence-corrected chi connectivity index (χ2v) is 4.36. The molecule has 4 heteroatoms. The van der Waals surface area contributed by atoms with Crippen molar-refractivity contribution in [2.45, 2.75) is 38.5 Å². The fraction of sp³-hybridized carbons (Fsp3) is 0.636. The number of aliphatic carboxylic acids is 1. The lowest BCUT2D eigenvalue weighted by atomic mass is 9.83. The lowest BCUT2D eigenvalue weighted by Gasteiger charge is -2.23. The van der Waals surface area contributed by atoms with Gasteiger partial charge in [0.1, 0.15) is 5.82 Å². The molecule has 0 saturated heterocycles. The summed E-state index contributed by atoms with van der Waals surface area (Å²) in [6, 6.07) is 0. The lowest BCUT2D eigenvalue weighted by Crippen LogP contribution is -2.13. The molecule has 0 aromatic carbocycles. The number of nitrogens with zero attached hydrogens (tertiary/aromatic N) is 1. The van der Waals surface area contributed by atoms with Crippen molar-refractivity contribution in [1.82, 2.24) is 9.97 Å². The van der Waals surface area contributed by atoms with Gasteiger partial charge in [-0.3, -0.25) is 4.79 Å². The van der Waals surface area contributed by atoms with Crippen molar-refractivity contribution in [3.63, 3.8) is 0 Å². The van der Waals surface area contributed by atoms with E-state index in [4.69, 9.17) is 5.11 Å². The van der Waals surface area contributed by atoms with Gasteiger partial charge in [0.15, 0.2) is 0 Å². The van der Waals surface area contributed by atoms with Gasteiger partial charge in [-0.15, -0.1) is 0 Å². The Labute approximate surface area is 88.7 Å². The zero-order valence-corrected chi connectivity index (χ0v) is 8.86. The zero-order chi connectivity index (χ0) is 10.8. The Hall–Kier alpha value is -1.32. The highest BCUT2D eigenvalue weighted by molar-refractivity contribution is 5.69. The minimum atomic E-state index is -0.767. The summed E-state index contributed by atoms with van der Waals surface area (Å²) >= 11 is 0. The maximum absolute atomic E-state index is 10.7. The average Bonchev–Trinajstić information content (AvgIpc) is 2.49. The molecule has 4 nitrogen and oxygen atoms in total. The average molecular weight is 208 g/mol. The van der Waals surface area contributed by atoms with E-state index in [1.54, 1.807) is 6.92 Å². The van der Waals surface area contributed by atoms with Crippen molar-refractivity contribution < 1.29 is 9.90 Å². The van der Waals surface area contributed by atoms with Crippen molar-refractivity contribution in [2.24, 2.45) is 5.92 Å². The first-order chi connectivity index (χ1) is 7.16. The summed E-state index contributed by atoms with van der Waals surface area (Å²) in [4.78, 5) is 18.1. The molecule has 2 rings (SSSR count). The highest BCUT2D eigenvalue weighted by Crippen LogP contribution is 2.35. The summed E-state index contributed by atoms with van der Waals surface area (Å²) < 4.78 is 0. The molecular formula is C11H16N2O2. The van der Waals surface area contributed by atoms with Crippen molar-refractivity contribution in [3.8, 4) is 0 Å². The van der Waals surface area contributed by atoms with Gasteiger partial charge < -0.3 is 10.1 Å². The second kappa shape index (κ2) is 4.04. The van der Waals surface area contributed by atoms with E-state index in [9.17, 15) is 4.79 Å². The molecule has 0 radical (unpaired) electrons. The van der Waals surface area contributed by atoms with Crippen molar-refractivity contribution in [1.29, 1.82) is 0 Å². The minimum absolute atomic E-state index is 0.370. The number of hydrogen-bond donors (Lipinski definition) is 2. The van der Waals surface area contributed by atoms with Crippen LogP contribution >= 0.6 is 0 Å². The molecule has 1 unspecified atom stereocenters. The molecule has 1 aromatic heterocycles.